The summed E-state index contributed by atoms with van der Waals surface area (Å²) in [6.07, 6.45) is -0.158. The number of carbonyl (C=O) groups excluding carboxylic acids is 2. The molecule has 22 heavy (non-hydrogen) atoms. The van der Waals surface area contributed by atoms with Crippen LogP contribution in [0.15, 0.2) is 48.5 Å². The number of hydrogen-bond acceptors (Lipinski definition) is 2. The van der Waals surface area contributed by atoms with Gasteiger partial charge in [0.15, 0.2) is 0 Å². The van der Waals surface area contributed by atoms with E-state index in [1.54, 1.807) is 28.0 Å². The van der Waals surface area contributed by atoms with Crippen LogP contribution in [0.25, 0.3) is 0 Å². The maximum Gasteiger partial charge on any atom is 0.241 e. The van der Waals surface area contributed by atoms with Crippen LogP contribution in [0.4, 0.5) is 17.1 Å². The quantitative estimate of drug-likeness (QED) is 0.792. The summed E-state index contributed by atoms with van der Waals surface area (Å²) < 4.78 is 0. The standard InChI is InChI=1S/C17H15ClN2O2/c1-2-19-14-9-8-12(18)10-15(14)20(17(22)11-16(19)21)13-6-4-3-5-7-13/h3-10H,2,11H2,1H3. The minimum atomic E-state index is -0.254. The molecule has 0 unspecified atom stereocenters. The van der Waals surface area contributed by atoms with Gasteiger partial charge < -0.3 is 4.90 Å². The van der Waals surface area contributed by atoms with E-state index in [-0.39, 0.29) is 18.2 Å². The molecule has 3 rings (SSSR count). The largest absolute Gasteiger partial charge is 0.310 e. The van der Waals surface area contributed by atoms with E-state index in [1.807, 2.05) is 37.3 Å². The molecule has 0 fully saturated rings. The third-order valence-electron chi connectivity index (χ3n) is 3.65. The molecule has 0 atom stereocenters. The molecule has 2 aromatic rings. The Morgan fingerprint density at radius 2 is 1.73 bits per heavy atom. The number of amides is 2. The average Bonchev–Trinajstić information content (AvgIpc) is 2.60. The van der Waals surface area contributed by atoms with Gasteiger partial charge in [-0.15, -0.1) is 0 Å². The molecule has 0 aliphatic carbocycles. The molecule has 4 nitrogen and oxygen atoms in total. The van der Waals surface area contributed by atoms with Crippen molar-refractivity contribution in [1.82, 2.24) is 0 Å². The summed E-state index contributed by atoms with van der Waals surface area (Å²) in [6, 6.07) is 14.5. The van der Waals surface area contributed by atoms with Gasteiger partial charge >= 0.3 is 0 Å². The number of hydrogen-bond donors (Lipinski definition) is 0. The highest BCUT2D eigenvalue weighted by atomic mass is 35.5. The van der Waals surface area contributed by atoms with Crippen molar-refractivity contribution in [3.05, 3.63) is 53.6 Å². The molecule has 1 heterocycles. The topological polar surface area (TPSA) is 40.6 Å². The summed E-state index contributed by atoms with van der Waals surface area (Å²) in [6.45, 7) is 2.39. The molecule has 1 aliphatic heterocycles. The number of anilines is 3. The smallest absolute Gasteiger partial charge is 0.241 e. The fourth-order valence-electron chi connectivity index (χ4n) is 2.68. The predicted octanol–water partition coefficient (Wildman–Crippen LogP) is 3.76. The summed E-state index contributed by atoms with van der Waals surface area (Å²) in [5.74, 6) is -0.454. The van der Waals surface area contributed by atoms with Crippen molar-refractivity contribution in [3.63, 3.8) is 0 Å². The van der Waals surface area contributed by atoms with Crippen LogP contribution in [0.3, 0.4) is 0 Å². The van der Waals surface area contributed by atoms with Crippen molar-refractivity contribution in [1.29, 1.82) is 0 Å². The molecule has 1 aliphatic rings. The van der Waals surface area contributed by atoms with E-state index in [4.69, 9.17) is 11.6 Å². The zero-order valence-corrected chi connectivity index (χ0v) is 12.9. The lowest BCUT2D eigenvalue weighted by molar-refractivity contribution is -0.125. The Morgan fingerprint density at radius 3 is 2.41 bits per heavy atom. The van der Waals surface area contributed by atoms with Crippen LogP contribution >= 0.6 is 11.6 Å². The average molecular weight is 315 g/mol. The van der Waals surface area contributed by atoms with Gasteiger partial charge in [0.2, 0.25) is 11.8 Å². The van der Waals surface area contributed by atoms with Crippen LogP contribution < -0.4 is 9.80 Å². The van der Waals surface area contributed by atoms with Crippen molar-refractivity contribution in [2.45, 2.75) is 13.3 Å². The first-order chi connectivity index (χ1) is 10.6. The molecule has 5 heteroatoms. The lowest BCUT2D eigenvalue weighted by atomic mass is 10.2. The molecule has 0 saturated carbocycles. The maximum absolute atomic E-state index is 12.6. The molecular weight excluding hydrogens is 300 g/mol. The van der Waals surface area contributed by atoms with Crippen molar-refractivity contribution >= 4 is 40.5 Å². The SMILES string of the molecule is CCN1C(=O)CC(=O)N(c2ccccc2)c2cc(Cl)ccc21. The second kappa shape index (κ2) is 5.81. The lowest BCUT2D eigenvalue weighted by Gasteiger charge is -2.25. The highest BCUT2D eigenvalue weighted by molar-refractivity contribution is 6.31. The van der Waals surface area contributed by atoms with E-state index in [0.717, 1.165) is 5.69 Å². The first-order valence-electron chi connectivity index (χ1n) is 7.09. The van der Waals surface area contributed by atoms with E-state index in [1.165, 1.54) is 0 Å². The van der Waals surface area contributed by atoms with E-state index in [2.05, 4.69) is 0 Å². The van der Waals surface area contributed by atoms with E-state index >= 15 is 0 Å². The van der Waals surface area contributed by atoms with Crippen LogP contribution in [0.2, 0.25) is 5.02 Å². The van der Waals surface area contributed by atoms with E-state index in [0.29, 0.717) is 22.9 Å². The van der Waals surface area contributed by atoms with Gasteiger partial charge in [0, 0.05) is 17.3 Å². The Bertz CT molecular complexity index is 731. The van der Waals surface area contributed by atoms with Crippen LogP contribution in [0.5, 0.6) is 0 Å². The Balaban J connectivity index is 2.24. The minimum Gasteiger partial charge on any atom is -0.310 e. The molecule has 0 bridgehead atoms. The number of rotatable bonds is 2. The van der Waals surface area contributed by atoms with Crippen LogP contribution in [0, 0.1) is 0 Å². The monoisotopic (exact) mass is 314 g/mol. The van der Waals surface area contributed by atoms with Gasteiger partial charge in [-0.2, -0.15) is 0 Å². The van der Waals surface area contributed by atoms with Gasteiger partial charge in [-0.1, -0.05) is 29.8 Å². The number of nitrogens with zero attached hydrogens (tertiary/aromatic N) is 2. The first kappa shape index (κ1) is 14.6. The molecule has 0 spiro atoms. The third-order valence-corrected chi connectivity index (χ3v) is 3.89. The van der Waals surface area contributed by atoms with Crippen molar-refractivity contribution in [2.75, 3.05) is 16.3 Å². The Kier molecular flexibility index (Phi) is 3.86. The number of halogens is 1. The fraction of sp³-hybridized carbons (Fsp3) is 0.176. The number of para-hydroxylation sites is 1. The van der Waals surface area contributed by atoms with Crippen LogP contribution in [-0.4, -0.2) is 18.4 Å². The van der Waals surface area contributed by atoms with Crippen molar-refractivity contribution in [2.24, 2.45) is 0 Å². The van der Waals surface area contributed by atoms with Gasteiger partial charge in [0.1, 0.15) is 6.42 Å². The van der Waals surface area contributed by atoms with Gasteiger partial charge in [-0.3, -0.25) is 14.5 Å². The maximum atomic E-state index is 12.6. The van der Waals surface area contributed by atoms with Gasteiger partial charge in [0.05, 0.1) is 11.4 Å². The van der Waals surface area contributed by atoms with E-state index in [9.17, 15) is 9.59 Å². The number of carbonyl (C=O) groups is 2. The Morgan fingerprint density at radius 1 is 1.00 bits per heavy atom. The lowest BCUT2D eigenvalue weighted by Crippen LogP contribution is -2.31. The van der Waals surface area contributed by atoms with Gasteiger partial charge in [0.25, 0.3) is 0 Å². The number of benzene rings is 2. The Hall–Kier alpha value is -2.33. The highest BCUT2D eigenvalue weighted by Crippen LogP contribution is 2.39. The molecule has 0 aromatic heterocycles. The van der Waals surface area contributed by atoms with Crippen LogP contribution in [0.1, 0.15) is 13.3 Å². The highest BCUT2D eigenvalue weighted by Gasteiger charge is 2.31. The fourth-order valence-corrected chi connectivity index (χ4v) is 2.85. The summed E-state index contributed by atoms with van der Waals surface area (Å²) in [5, 5.41) is 0.526. The summed E-state index contributed by atoms with van der Waals surface area (Å²) in [4.78, 5) is 28.1. The van der Waals surface area contributed by atoms with E-state index < -0.39 is 0 Å². The zero-order chi connectivity index (χ0) is 15.7. The summed E-state index contributed by atoms with van der Waals surface area (Å²) >= 11 is 6.12. The van der Waals surface area contributed by atoms with Crippen LogP contribution in [-0.2, 0) is 9.59 Å². The predicted molar refractivity (Wildman–Crippen MR) is 87.7 cm³/mol. The second-order valence-corrected chi connectivity index (χ2v) is 5.45. The van der Waals surface area contributed by atoms with Crippen molar-refractivity contribution in [3.8, 4) is 0 Å². The Labute approximate surface area is 133 Å². The molecule has 2 amide bonds. The normalized spacial score (nSPS) is 14.8. The molecule has 2 aromatic carbocycles. The molecule has 0 N–H and O–H groups in total. The summed E-state index contributed by atoms with van der Waals surface area (Å²) in [7, 11) is 0. The molecule has 0 saturated heterocycles. The van der Waals surface area contributed by atoms with Gasteiger partial charge in [-0.05, 0) is 37.3 Å². The summed E-state index contributed by atoms with van der Waals surface area (Å²) in [5.41, 5.74) is 2.06. The first-order valence-corrected chi connectivity index (χ1v) is 7.47. The van der Waals surface area contributed by atoms with Gasteiger partial charge in [-0.25, -0.2) is 0 Å². The zero-order valence-electron chi connectivity index (χ0n) is 12.1. The molecule has 0 radical (unpaired) electrons. The molecule has 112 valence electrons. The van der Waals surface area contributed by atoms with Crippen molar-refractivity contribution < 1.29 is 9.59 Å². The minimum absolute atomic E-state index is 0.158. The second-order valence-electron chi connectivity index (χ2n) is 5.01. The third kappa shape index (κ3) is 2.46. The number of fused-ring (bicyclic) bond motifs is 1. The molecular formula is C17H15ClN2O2.